The first-order valence-corrected chi connectivity index (χ1v) is 13.9. The summed E-state index contributed by atoms with van der Waals surface area (Å²) in [5, 5.41) is 2.56. The van der Waals surface area contributed by atoms with E-state index in [1.165, 1.54) is 24.5 Å². The molecule has 0 saturated carbocycles. The summed E-state index contributed by atoms with van der Waals surface area (Å²) >= 11 is 0. The van der Waals surface area contributed by atoms with Crippen molar-refractivity contribution in [2.75, 3.05) is 55.0 Å². The van der Waals surface area contributed by atoms with Crippen LogP contribution in [0.3, 0.4) is 0 Å². The molecule has 2 aromatic heterocycles. The van der Waals surface area contributed by atoms with Crippen molar-refractivity contribution in [1.82, 2.24) is 19.9 Å². The van der Waals surface area contributed by atoms with Crippen molar-refractivity contribution in [1.29, 1.82) is 0 Å². The lowest BCUT2D eigenvalue weighted by atomic mass is 10.0. The average molecular weight is 604 g/mol. The largest absolute Gasteiger partial charge is 0.417 e. The van der Waals surface area contributed by atoms with E-state index < -0.39 is 34.6 Å². The number of amides is 1. The summed E-state index contributed by atoms with van der Waals surface area (Å²) in [6, 6.07) is 3.14. The molecular formula is C29H33F4N7O3. The van der Waals surface area contributed by atoms with Crippen LogP contribution in [0.2, 0.25) is 0 Å². The number of alkyl halides is 3. The molecule has 2 aliphatic heterocycles. The molecule has 2 N–H and O–H groups in total. The maximum absolute atomic E-state index is 15.8. The van der Waals surface area contributed by atoms with E-state index in [0.29, 0.717) is 56.1 Å². The Morgan fingerprint density at radius 1 is 1.05 bits per heavy atom. The first kappa shape index (κ1) is 30.4. The van der Waals surface area contributed by atoms with E-state index >= 15 is 4.39 Å². The zero-order valence-electron chi connectivity index (χ0n) is 24.2. The molecule has 3 unspecified atom stereocenters. The zero-order chi connectivity index (χ0) is 31.1. The fourth-order valence-corrected chi connectivity index (χ4v) is 5.45. The van der Waals surface area contributed by atoms with E-state index in [-0.39, 0.29) is 29.4 Å². The van der Waals surface area contributed by atoms with Crippen LogP contribution < -0.4 is 20.7 Å². The summed E-state index contributed by atoms with van der Waals surface area (Å²) in [5.74, 6) is -1.25. The Hall–Kier alpha value is -4.04. The van der Waals surface area contributed by atoms with Gasteiger partial charge in [-0.3, -0.25) is 14.5 Å². The molecule has 2 fully saturated rings. The summed E-state index contributed by atoms with van der Waals surface area (Å²) in [7, 11) is 1.98. The Morgan fingerprint density at radius 2 is 1.72 bits per heavy atom. The van der Waals surface area contributed by atoms with Gasteiger partial charge in [-0.2, -0.15) is 13.2 Å². The molecule has 4 heterocycles. The van der Waals surface area contributed by atoms with Crippen molar-refractivity contribution < 1.29 is 27.1 Å². The number of aromatic amines is 1. The lowest BCUT2D eigenvalue weighted by molar-refractivity contribution is -0.138. The van der Waals surface area contributed by atoms with Gasteiger partial charge < -0.3 is 24.8 Å². The molecule has 1 aromatic carbocycles. The number of carbonyl (C=O) groups is 1. The highest BCUT2D eigenvalue weighted by Crippen LogP contribution is 2.37. The second-order valence-electron chi connectivity index (χ2n) is 11.1. The SMILES string of the molecule is CC1CN(c2ncc(-c3cc(NC(=O)c4c[nH]c(=O)cc4C(F)(F)F)c(N4CC(C)N(C)C(C)C4)cc3F)cn2)CCO1. The Morgan fingerprint density at radius 3 is 2.35 bits per heavy atom. The second kappa shape index (κ2) is 11.9. The molecule has 0 spiro atoms. The predicted molar refractivity (Wildman–Crippen MR) is 154 cm³/mol. The number of rotatable bonds is 5. The summed E-state index contributed by atoms with van der Waals surface area (Å²) in [4.78, 5) is 41.9. The third kappa shape index (κ3) is 6.49. The number of pyridine rings is 1. The van der Waals surface area contributed by atoms with Gasteiger partial charge in [0.2, 0.25) is 11.5 Å². The van der Waals surface area contributed by atoms with E-state index in [0.717, 1.165) is 6.20 Å². The van der Waals surface area contributed by atoms with Gasteiger partial charge in [-0.1, -0.05) is 0 Å². The number of morpholine rings is 1. The van der Waals surface area contributed by atoms with E-state index in [1.807, 2.05) is 37.6 Å². The Balaban J connectivity index is 1.54. The first-order chi connectivity index (χ1) is 20.3. The van der Waals surface area contributed by atoms with Crippen LogP contribution in [0.4, 0.5) is 34.9 Å². The predicted octanol–water partition coefficient (Wildman–Crippen LogP) is 4.00. The molecular weight excluding hydrogens is 570 g/mol. The molecule has 0 aliphatic carbocycles. The topological polar surface area (TPSA) is 107 Å². The Labute approximate surface area is 245 Å². The van der Waals surface area contributed by atoms with Gasteiger partial charge in [-0.25, -0.2) is 14.4 Å². The van der Waals surface area contributed by atoms with Gasteiger partial charge in [0.25, 0.3) is 5.91 Å². The summed E-state index contributed by atoms with van der Waals surface area (Å²) in [5.41, 5.74) is -2.32. The van der Waals surface area contributed by atoms with Crippen molar-refractivity contribution in [3.8, 4) is 11.1 Å². The molecule has 5 rings (SSSR count). The van der Waals surface area contributed by atoms with Crippen molar-refractivity contribution in [3.05, 3.63) is 64.1 Å². The fourth-order valence-electron chi connectivity index (χ4n) is 5.45. The van der Waals surface area contributed by atoms with Gasteiger partial charge in [-0.05, 0) is 40.0 Å². The van der Waals surface area contributed by atoms with Crippen molar-refractivity contribution in [3.63, 3.8) is 0 Å². The lowest BCUT2D eigenvalue weighted by Crippen LogP contribution is -2.55. The summed E-state index contributed by atoms with van der Waals surface area (Å²) in [6.45, 7) is 8.68. The van der Waals surface area contributed by atoms with Gasteiger partial charge >= 0.3 is 6.18 Å². The van der Waals surface area contributed by atoms with Gasteiger partial charge in [-0.15, -0.1) is 0 Å². The number of nitrogens with one attached hydrogen (secondary N) is 2. The molecule has 2 aliphatic rings. The number of hydrogen-bond acceptors (Lipinski definition) is 8. The van der Waals surface area contributed by atoms with E-state index in [9.17, 15) is 22.8 Å². The van der Waals surface area contributed by atoms with Crippen LogP contribution in [0, 0.1) is 5.82 Å². The molecule has 0 bridgehead atoms. The number of benzene rings is 1. The lowest BCUT2D eigenvalue weighted by Gasteiger charge is -2.44. The number of nitrogens with zero attached hydrogens (tertiary/aromatic N) is 5. The average Bonchev–Trinajstić information content (AvgIpc) is 2.96. The van der Waals surface area contributed by atoms with Crippen LogP contribution in [0.15, 0.2) is 41.6 Å². The van der Waals surface area contributed by atoms with Crippen LogP contribution in [-0.2, 0) is 10.9 Å². The van der Waals surface area contributed by atoms with E-state index in [2.05, 4.69) is 25.2 Å². The highest BCUT2D eigenvalue weighted by molar-refractivity contribution is 6.07. The Kier molecular flexibility index (Phi) is 8.43. The van der Waals surface area contributed by atoms with Crippen molar-refractivity contribution >= 4 is 23.2 Å². The molecule has 3 atom stereocenters. The first-order valence-electron chi connectivity index (χ1n) is 13.9. The highest BCUT2D eigenvalue weighted by Gasteiger charge is 2.36. The fraction of sp³-hybridized carbons (Fsp3) is 0.448. The minimum Gasteiger partial charge on any atom is -0.375 e. The molecule has 2 saturated heterocycles. The molecule has 1 amide bonds. The zero-order valence-corrected chi connectivity index (χ0v) is 24.2. The van der Waals surface area contributed by atoms with Crippen LogP contribution in [0.5, 0.6) is 0 Å². The standard InChI is InChI=1S/C29H33F4N7O3/c1-16-13-40(14-17(2)38(16)4)25-9-23(30)20(19-10-35-28(36-11-19)39-5-6-43-18(3)15-39)7-24(25)37-27(42)21-12-34-26(41)8-22(21)29(31,32)33/h7-12,16-18H,5-6,13-15H2,1-4H3,(H,34,41)(H,37,42). The maximum atomic E-state index is 15.8. The third-order valence-corrected chi connectivity index (χ3v) is 7.98. The van der Waals surface area contributed by atoms with Crippen molar-refractivity contribution in [2.45, 2.75) is 45.1 Å². The molecule has 43 heavy (non-hydrogen) atoms. The number of likely N-dealkylation sites (N-methyl/N-ethyl adjacent to an activating group) is 1. The minimum absolute atomic E-state index is 0.00787. The van der Waals surface area contributed by atoms with Gasteiger partial charge in [0, 0.05) is 74.0 Å². The number of hydrogen-bond donors (Lipinski definition) is 2. The van der Waals surface area contributed by atoms with E-state index in [1.54, 1.807) is 0 Å². The number of carbonyl (C=O) groups excluding carboxylic acids is 1. The summed E-state index contributed by atoms with van der Waals surface area (Å²) < 4.78 is 62.5. The highest BCUT2D eigenvalue weighted by atomic mass is 19.4. The molecule has 0 radical (unpaired) electrons. The van der Waals surface area contributed by atoms with Gasteiger partial charge in [0.05, 0.1) is 35.2 Å². The number of anilines is 3. The van der Waals surface area contributed by atoms with Crippen molar-refractivity contribution in [2.24, 2.45) is 0 Å². The van der Waals surface area contributed by atoms with Gasteiger partial charge in [0.1, 0.15) is 5.82 Å². The molecule has 14 heteroatoms. The van der Waals surface area contributed by atoms with Crippen LogP contribution in [0.25, 0.3) is 11.1 Å². The number of ether oxygens (including phenoxy) is 1. The molecule has 230 valence electrons. The molecule has 3 aromatic rings. The number of halogens is 4. The smallest absolute Gasteiger partial charge is 0.375 e. The third-order valence-electron chi connectivity index (χ3n) is 7.98. The normalized spacial score (nSPS) is 21.6. The quantitative estimate of drug-likeness (QED) is 0.422. The Bertz CT molecular complexity index is 1530. The number of H-pyrrole nitrogens is 1. The molecule has 10 nitrogen and oxygen atoms in total. The van der Waals surface area contributed by atoms with Crippen LogP contribution >= 0.6 is 0 Å². The van der Waals surface area contributed by atoms with Crippen LogP contribution in [-0.4, -0.2) is 83.8 Å². The van der Waals surface area contributed by atoms with Gasteiger partial charge in [0.15, 0.2) is 0 Å². The maximum Gasteiger partial charge on any atom is 0.417 e. The monoisotopic (exact) mass is 603 g/mol. The summed E-state index contributed by atoms with van der Waals surface area (Å²) in [6.07, 6.45) is -1.28. The van der Waals surface area contributed by atoms with Crippen LogP contribution in [0.1, 0.15) is 36.7 Å². The minimum atomic E-state index is -4.95. The van der Waals surface area contributed by atoms with E-state index in [4.69, 9.17) is 4.74 Å². The number of aromatic nitrogens is 3. The second-order valence-corrected chi connectivity index (χ2v) is 11.1. The number of piperazine rings is 1.